The lowest BCUT2D eigenvalue weighted by molar-refractivity contribution is 0.524. The van der Waals surface area contributed by atoms with Crippen LogP contribution >= 0.6 is 15.9 Å². The van der Waals surface area contributed by atoms with Crippen LogP contribution in [0.4, 0.5) is 0 Å². The van der Waals surface area contributed by atoms with Gasteiger partial charge in [0, 0.05) is 11.2 Å². The number of alkyl halides is 1. The summed E-state index contributed by atoms with van der Waals surface area (Å²) in [7, 11) is 0. The lowest BCUT2D eigenvalue weighted by Crippen LogP contribution is -2.10. The highest BCUT2D eigenvalue weighted by atomic mass is 79.9. The molecule has 74 valence electrons. The molecule has 0 nitrogen and oxygen atoms in total. The number of halogens is 1. The standard InChI is InChI=1S/C13H15Br/c1-2-10(9-14)13-8-7-11-5-3-4-6-12(11)13/h3-8,10,13H,2,9H2,1H3. The largest absolute Gasteiger partial charge is 0.0925 e. The number of fused-ring (bicyclic) bond motifs is 1. The monoisotopic (exact) mass is 250 g/mol. The van der Waals surface area contributed by atoms with Gasteiger partial charge in [-0.2, -0.15) is 0 Å². The van der Waals surface area contributed by atoms with Gasteiger partial charge in [-0.3, -0.25) is 0 Å². The third-order valence-corrected chi connectivity index (χ3v) is 3.90. The molecule has 1 aromatic rings. The summed E-state index contributed by atoms with van der Waals surface area (Å²) in [6.45, 7) is 2.26. The van der Waals surface area contributed by atoms with Crippen LogP contribution in [0.3, 0.4) is 0 Å². The Kier molecular flexibility index (Phi) is 3.07. The molecule has 0 amide bonds. The lowest BCUT2D eigenvalue weighted by Gasteiger charge is -2.19. The fourth-order valence-electron chi connectivity index (χ4n) is 2.15. The van der Waals surface area contributed by atoms with Gasteiger partial charge in [-0.1, -0.05) is 65.7 Å². The van der Waals surface area contributed by atoms with E-state index in [-0.39, 0.29) is 0 Å². The molecule has 0 bridgehead atoms. The van der Waals surface area contributed by atoms with Gasteiger partial charge >= 0.3 is 0 Å². The fraction of sp³-hybridized carbons (Fsp3) is 0.385. The smallest absolute Gasteiger partial charge is 0.00684 e. The Morgan fingerprint density at radius 3 is 2.86 bits per heavy atom. The Labute approximate surface area is 94.2 Å². The molecule has 0 aliphatic heterocycles. The molecule has 0 fully saturated rings. The van der Waals surface area contributed by atoms with Gasteiger partial charge in [0.05, 0.1) is 0 Å². The highest BCUT2D eigenvalue weighted by molar-refractivity contribution is 9.09. The van der Waals surface area contributed by atoms with E-state index >= 15 is 0 Å². The van der Waals surface area contributed by atoms with E-state index in [1.54, 1.807) is 0 Å². The SMILES string of the molecule is CCC(CBr)C1C=Cc2ccccc21. The maximum absolute atomic E-state index is 3.60. The molecule has 2 unspecified atom stereocenters. The minimum atomic E-state index is 0.621. The van der Waals surface area contributed by atoms with Crippen LogP contribution < -0.4 is 0 Å². The zero-order valence-electron chi connectivity index (χ0n) is 8.41. The molecule has 2 atom stereocenters. The summed E-state index contributed by atoms with van der Waals surface area (Å²) in [4.78, 5) is 0. The molecule has 14 heavy (non-hydrogen) atoms. The van der Waals surface area contributed by atoms with Crippen molar-refractivity contribution in [2.45, 2.75) is 19.3 Å². The minimum absolute atomic E-state index is 0.621. The third kappa shape index (κ3) is 1.66. The van der Waals surface area contributed by atoms with Crippen LogP contribution in [-0.4, -0.2) is 5.33 Å². The summed E-state index contributed by atoms with van der Waals surface area (Å²) < 4.78 is 0. The zero-order valence-corrected chi connectivity index (χ0v) is 10.00. The van der Waals surface area contributed by atoms with Crippen molar-refractivity contribution in [1.29, 1.82) is 0 Å². The molecule has 0 aromatic heterocycles. The van der Waals surface area contributed by atoms with E-state index in [0.29, 0.717) is 5.92 Å². The van der Waals surface area contributed by atoms with Gasteiger partial charge in [0.2, 0.25) is 0 Å². The summed E-state index contributed by atoms with van der Waals surface area (Å²) in [5, 5.41) is 1.09. The van der Waals surface area contributed by atoms with Crippen molar-refractivity contribution in [2.24, 2.45) is 5.92 Å². The van der Waals surface area contributed by atoms with Crippen LogP contribution in [0.1, 0.15) is 30.4 Å². The van der Waals surface area contributed by atoms with Crippen molar-refractivity contribution in [3.8, 4) is 0 Å². The van der Waals surface area contributed by atoms with Crippen molar-refractivity contribution in [3.63, 3.8) is 0 Å². The number of rotatable bonds is 3. The molecule has 1 aliphatic carbocycles. The van der Waals surface area contributed by atoms with Crippen LogP contribution in [0.25, 0.3) is 6.08 Å². The van der Waals surface area contributed by atoms with E-state index in [1.807, 2.05) is 0 Å². The first-order valence-corrected chi connectivity index (χ1v) is 6.32. The van der Waals surface area contributed by atoms with Crippen molar-refractivity contribution in [2.75, 3.05) is 5.33 Å². The molecule has 0 radical (unpaired) electrons. The normalized spacial score (nSPS) is 20.9. The fourth-order valence-corrected chi connectivity index (χ4v) is 3.01. The Hall–Kier alpha value is -0.560. The Balaban J connectivity index is 2.29. The molecule has 0 N–H and O–H groups in total. The second-order valence-electron chi connectivity index (χ2n) is 3.84. The quantitative estimate of drug-likeness (QED) is 0.705. The highest BCUT2D eigenvalue weighted by Gasteiger charge is 2.23. The van der Waals surface area contributed by atoms with Crippen LogP contribution in [0.15, 0.2) is 30.3 Å². The number of hydrogen-bond donors (Lipinski definition) is 0. The predicted octanol–water partition coefficient (Wildman–Crippen LogP) is 4.22. The second kappa shape index (κ2) is 4.31. The van der Waals surface area contributed by atoms with Crippen LogP contribution in [0, 0.1) is 5.92 Å². The molecule has 1 aliphatic rings. The van der Waals surface area contributed by atoms with E-state index in [1.165, 1.54) is 17.5 Å². The second-order valence-corrected chi connectivity index (χ2v) is 4.48. The van der Waals surface area contributed by atoms with Crippen molar-refractivity contribution < 1.29 is 0 Å². The molecule has 0 spiro atoms. The minimum Gasteiger partial charge on any atom is -0.0925 e. The number of hydrogen-bond acceptors (Lipinski definition) is 0. The van der Waals surface area contributed by atoms with Crippen molar-refractivity contribution in [1.82, 2.24) is 0 Å². The van der Waals surface area contributed by atoms with Gasteiger partial charge in [0.1, 0.15) is 0 Å². The zero-order chi connectivity index (χ0) is 9.97. The van der Waals surface area contributed by atoms with E-state index in [9.17, 15) is 0 Å². The van der Waals surface area contributed by atoms with Gasteiger partial charge in [0.15, 0.2) is 0 Å². The summed E-state index contributed by atoms with van der Waals surface area (Å²) in [5.41, 5.74) is 2.90. The molecule has 1 aromatic carbocycles. The summed E-state index contributed by atoms with van der Waals surface area (Å²) in [6, 6.07) is 8.71. The maximum Gasteiger partial charge on any atom is 0.00684 e. The molecule has 0 saturated carbocycles. The summed E-state index contributed by atoms with van der Waals surface area (Å²) in [5.74, 6) is 1.35. The summed E-state index contributed by atoms with van der Waals surface area (Å²) in [6.07, 6.45) is 5.83. The van der Waals surface area contributed by atoms with Gasteiger partial charge in [-0.15, -0.1) is 0 Å². The highest BCUT2D eigenvalue weighted by Crippen LogP contribution is 2.37. The molecular formula is C13H15Br. The average molecular weight is 251 g/mol. The lowest BCUT2D eigenvalue weighted by atomic mass is 9.87. The predicted molar refractivity (Wildman–Crippen MR) is 65.8 cm³/mol. The van der Waals surface area contributed by atoms with Gasteiger partial charge < -0.3 is 0 Å². The number of allylic oxidation sites excluding steroid dienone is 1. The van der Waals surface area contributed by atoms with E-state index in [4.69, 9.17) is 0 Å². The van der Waals surface area contributed by atoms with E-state index in [2.05, 4.69) is 59.3 Å². The first kappa shape index (κ1) is 9.97. The Morgan fingerprint density at radius 2 is 2.14 bits per heavy atom. The topological polar surface area (TPSA) is 0 Å². The van der Waals surface area contributed by atoms with Crippen LogP contribution in [0.5, 0.6) is 0 Å². The maximum atomic E-state index is 3.60. The van der Waals surface area contributed by atoms with Gasteiger partial charge in [-0.25, -0.2) is 0 Å². The van der Waals surface area contributed by atoms with E-state index in [0.717, 1.165) is 11.2 Å². The third-order valence-electron chi connectivity index (χ3n) is 3.07. The Bertz CT molecular complexity index is 337. The molecule has 0 heterocycles. The van der Waals surface area contributed by atoms with E-state index < -0.39 is 0 Å². The van der Waals surface area contributed by atoms with Crippen molar-refractivity contribution >= 4 is 22.0 Å². The Morgan fingerprint density at radius 1 is 1.36 bits per heavy atom. The summed E-state index contributed by atoms with van der Waals surface area (Å²) >= 11 is 3.60. The molecule has 1 heteroatoms. The first-order chi connectivity index (χ1) is 6.86. The average Bonchev–Trinajstić information content (AvgIpc) is 2.65. The molecule has 0 saturated heterocycles. The van der Waals surface area contributed by atoms with Crippen molar-refractivity contribution in [3.05, 3.63) is 41.5 Å². The first-order valence-electron chi connectivity index (χ1n) is 5.20. The molecule has 2 rings (SSSR count). The van der Waals surface area contributed by atoms with Gasteiger partial charge in [-0.05, 0) is 17.0 Å². The van der Waals surface area contributed by atoms with Gasteiger partial charge in [0.25, 0.3) is 0 Å². The van der Waals surface area contributed by atoms with Crippen LogP contribution in [-0.2, 0) is 0 Å². The molecular weight excluding hydrogens is 236 g/mol. The van der Waals surface area contributed by atoms with Crippen LogP contribution in [0.2, 0.25) is 0 Å². The number of benzene rings is 1.